The molecule has 25 heavy (non-hydrogen) atoms. The molecule has 0 aliphatic heterocycles. The van der Waals surface area contributed by atoms with Gasteiger partial charge in [-0.15, -0.1) is 0 Å². The third-order valence-electron chi connectivity index (χ3n) is 4.46. The monoisotopic (exact) mass is 333 g/mol. The third kappa shape index (κ3) is 2.46. The topological polar surface area (TPSA) is 68.0 Å². The van der Waals surface area contributed by atoms with Crippen LogP contribution in [0.3, 0.4) is 0 Å². The van der Waals surface area contributed by atoms with Gasteiger partial charge in [-0.1, -0.05) is 30.3 Å². The maximum Gasteiger partial charge on any atom is 0.273 e. The van der Waals surface area contributed by atoms with Crippen molar-refractivity contribution in [3.05, 3.63) is 64.2 Å². The van der Waals surface area contributed by atoms with Crippen LogP contribution in [0.1, 0.15) is 18.2 Å². The number of fused-ring (bicyclic) bond motifs is 1. The molecule has 0 saturated heterocycles. The van der Waals surface area contributed by atoms with E-state index in [0.29, 0.717) is 11.3 Å². The normalized spacial score (nSPS) is 11.3. The van der Waals surface area contributed by atoms with Crippen molar-refractivity contribution in [1.29, 1.82) is 0 Å². The second-order valence-corrected chi connectivity index (χ2v) is 6.10. The molecular weight excluding hydrogens is 314 g/mol. The first-order valence-electron chi connectivity index (χ1n) is 8.30. The van der Waals surface area contributed by atoms with E-state index in [2.05, 4.69) is 10.2 Å². The Kier molecular flexibility index (Phi) is 3.53. The first kappa shape index (κ1) is 15.4. The minimum absolute atomic E-state index is 0.131. The van der Waals surface area contributed by atoms with Crippen LogP contribution < -0.4 is 5.56 Å². The Bertz CT molecular complexity index is 1120. The van der Waals surface area contributed by atoms with E-state index in [1.54, 1.807) is 6.07 Å². The number of H-pyrrole nitrogens is 1. The zero-order chi connectivity index (χ0) is 17.6. The highest BCUT2D eigenvalue weighted by molar-refractivity contribution is 5.72. The van der Waals surface area contributed by atoms with Gasteiger partial charge in [-0.3, -0.25) is 14.6 Å². The van der Waals surface area contributed by atoms with Crippen LogP contribution >= 0.6 is 0 Å². The molecule has 0 spiro atoms. The van der Waals surface area contributed by atoms with Gasteiger partial charge < -0.3 is 0 Å². The van der Waals surface area contributed by atoms with E-state index < -0.39 is 0 Å². The summed E-state index contributed by atoms with van der Waals surface area (Å²) in [6.07, 6.45) is 1.94. The molecule has 6 heteroatoms. The maximum absolute atomic E-state index is 12.6. The van der Waals surface area contributed by atoms with Crippen LogP contribution in [0, 0.1) is 13.8 Å². The summed E-state index contributed by atoms with van der Waals surface area (Å²) in [4.78, 5) is 17.4. The molecule has 0 saturated carbocycles. The molecule has 0 unspecified atom stereocenters. The Morgan fingerprint density at radius 2 is 1.92 bits per heavy atom. The van der Waals surface area contributed by atoms with E-state index in [-0.39, 0.29) is 5.56 Å². The lowest BCUT2D eigenvalue weighted by Crippen LogP contribution is -2.14. The summed E-state index contributed by atoms with van der Waals surface area (Å²) in [5.74, 6) is 0. The molecule has 4 rings (SSSR count). The quantitative estimate of drug-likeness (QED) is 0.626. The van der Waals surface area contributed by atoms with Crippen LogP contribution in [0.5, 0.6) is 0 Å². The highest BCUT2D eigenvalue weighted by Gasteiger charge is 2.16. The number of nitrogens with zero attached hydrogens (tertiary/aromatic N) is 4. The Morgan fingerprint density at radius 1 is 1.16 bits per heavy atom. The van der Waals surface area contributed by atoms with Crippen molar-refractivity contribution >= 4 is 5.65 Å². The van der Waals surface area contributed by atoms with E-state index >= 15 is 0 Å². The average Bonchev–Trinajstić information content (AvgIpc) is 3.16. The number of rotatable bonds is 3. The van der Waals surface area contributed by atoms with Gasteiger partial charge >= 0.3 is 0 Å². The van der Waals surface area contributed by atoms with Crippen LogP contribution in [0.15, 0.2) is 47.4 Å². The van der Waals surface area contributed by atoms with Crippen molar-refractivity contribution in [3.63, 3.8) is 0 Å². The van der Waals surface area contributed by atoms with Gasteiger partial charge in [0.25, 0.3) is 5.56 Å². The molecule has 3 aromatic heterocycles. The summed E-state index contributed by atoms with van der Waals surface area (Å²) in [6, 6.07) is 11.5. The molecule has 3 heterocycles. The second kappa shape index (κ2) is 5.73. The largest absolute Gasteiger partial charge is 0.289 e. The molecule has 0 aliphatic rings. The first-order chi connectivity index (χ1) is 12.1. The number of aromatic nitrogens is 5. The summed E-state index contributed by atoms with van der Waals surface area (Å²) in [7, 11) is 0. The first-order valence-corrected chi connectivity index (χ1v) is 8.30. The Hall–Kier alpha value is -3.15. The number of benzene rings is 1. The molecular formula is C19H19N5O. The SMILES string of the molecule is CCn1cc(-c2cc(=O)n3[nH]c(-c4ccccc4)c(C)c3n2)c(C)n1. The van der Waals surface area contributed by atoms with Gasteiger partial charge in [0, 0.05) is 29.9 Å². The fourth-order valence-electron chi connectivity index (χ4n) is 3.10. The predicted octanol–water partition coefficient (Wildman–Crippen LogP) is 3.19. The van der Waals surface area contributed by atoms with Crippen molar-refractivity contribution in [3.8, 4) is 22.5 Å². The van der Waals surface area contributed by atoms with Gasteiger partial charge in [-0.2, -0.15) is 5.10 Å². The standard InChI is InChI=1S/C19H19N5O/c1-4-23-11-15(13(3)21-23)16-10-17(25)24-19(20-16)12(2)18(22-24)14-8-6-5-7-9-14/h5-11,22H,4H2,1-3H3. The molecule has 0 radical (unpaired) electrons. The zero-order valence-corrected chi connectivity index (χ0v) is 14.4. The number of hydrogen-bond acceptors (Lipinski definition) is 3. The molecule has 126 valence electrons. The fourth-order valence-corrected chi connectivity index (χ4v) is 3.10. The van der Waals surface area contributed by atoms with Gasteiger partial charge in [-0.25, -0.2) is 9.50 Å². The molecule has 0 amide bonds. The number of nitrogens with one attached hydrogen (secondary N) is 1. The van der Waals surface area contributed by atoms with Crippen LogP contribution in [0.4, 0.5) is 0 Å². The number of hydrogen-bond donors (Lipinski definition) is 1. The average molecular weight is 333 g/mol. The van der Waals surface area contributed by atoms with Gasteiger partial charge in [0.1, 0.15) is 0 Å². The zero-order valence-electron chi connectivity index (χ0n) is 14.4. The molecule has 0 aliphatic carbocycles. The van der Waals surface area contributed by atoms with Crippen LogP contribution in [0.25, 0.3) is 28.2 Å². The van der Waals surface area contributed by atoms with Crippen LogP contribution in [0.2, 0.25) is 0 Å². The molecule has 4 aromatic rings. The fraction of sp³-hybridized carbons (Fsp3) is 0.211. The smallest absolute Gasteiger partial charge is 0.273 e. The van der Waals surface area contributed by atoms with Gasteiger partial charge in [0.05, 0.1) is 17.1 Å². The molecule has 6 nitrogen and oxygen atoms in total. The Balaban J connectivity index is 1.94. The van der Waals surface area contributed by atoms with Crippen LogP contribution in [-0.2, 0) is 6.54 Å². The lowest BCUT2D eigenvalue weighted by atomic mass is 10.1. The van der Waals surface area contributed by atoms with Gasteiger partial charge in [0.2, 0.25) is 0 Å². The molecule has 0 atom stereocenters. The minimum atomic E-state index is -0.131. The minimum Gasteiger partial charge on any atom is -0.289 e. The van der Waals surface area contributed by atoms with E-state index in [1.807, 2.05) is 62.0 Å². The number of aromatic amines is 1. The van der Waals surface area contributed by atoms with Crippen molar-refractivity contribution in [2.24, 2.45) is 0 Å². The van der Waals surface area contributed by atoms with Crippen molar-refractivity contribution in [2.75, 3.05) is 0 Å². The van der Waals surface area contributed by atoms with Crippen LogP contribution in [-0.4, -0.2) is 24.4 Å². The molecule has 0 bridgehead atoms. The summed E-state index contributed by atoms with van der Waals surface area (Å²) < 4.78 is 3.36. The third-order valence-corrected chi connectivity index (χ3v) is 4.46. The van der Waals surface area contributed by atoms with Crippen molar-refractivity contribution in [2.45, 2.75) is 27.3 Å². The maximum atomic E-state index is 12.6. The Labute approximate surface area is 144 Å². The summed E-state index contributed by atoms with van der Waals surface area (Å²) in [5.41, 5.74) is 5.82. The highest BCUT2D eigenvalue weighted by Crippen LogP contribution is 2.26. The lowest BCUT2D eigenvalue weighted by Gasteiger charge is -2.00. The molecule has 1 N–H and O–H groups in total. The Morgan fingerprint density at radius 3 is 2.60 bits per heavy atom. The molecule has 1 aromatic carbocycles. The van der Waals surface area contributed by atoms with Crippen molar-refractivity contribution < 1.29 is 0 Å². The van der Waals surface area contributed by atoms with E-state index in [4.69, 9.17) is 4.98 Å². The summed E-state index contributed by atoms with van der Waals surface area (Å²) in [6.45, 7) is 6.73. The predicted molar refractivity (Wildman–Crippen MR) is 97.6 cm³/mol. The van der Waals surface area contributed by atoms with E-state index in [0.717, 1.165) is 34.6 Å². The summed E-state index contributed by atoms with van der Waals surface area (Å²) in [5, 5.41) is 7.63. The lowest BCUT2D eigenvalue weighted by molar-refractivity contribution is 0.653. The number of aryl methyl sites for hydroxylation is 3. The van der Waals surface area contributed by atoms with Crippen molar-refractivity contribution in [1.82, 2.24) is 24.4 Å². The second-order valence-electron chi connectivity index (χ2n) is 6.10. The summed E-state index contributed by atoms with van der Waals surface area (Å²) >= 11 is 0. The molecule has 0 fully saturated rings. The van der Waals surface area contributed by atoms with Gasteiger partial charge in [-0.05, 0) is 26.3 Å². The van der Waals surface area contributed by atoms with E-state index in [1.165, 1.54) is 4.52 Å². The van der Waals surface area contributed by atoms with E-state index in [9.17, 15) is 4.79 Å². The van der Waals surface area contributed by atoms with Gasteiger partial charge in [0.15, 0.2) is 5.65 Å². The highest BCUT2D eigenvalue weighted by atomic mass is 16.1.